The number of nitrogens with zero attached hydrogens (tertiary/aromatic N) is 1. The molecule has 1 unspecified atom stereocenters. The molecule has 0 aliphatic carbocycles. The molecule has 1 saturated heterocycles. The standard InChI is InChI=1S/C9H19N3O/c1-3-4-11-9(13)12-6-5-10-8(2)7-12/h8,10H,3-7H2,1-2H3,(H,11,13). The maximum atomic E-state index is 11.5. The Bertz CT molecular complexity index is 172. The van der Waals surface area contributed by atoms with E-state index in [-0.39, 0.29) is 6.03 Å². The van der Waals surface area contributed by atoms with Crippen LogP contribution in [-0.4, -0.2) is 43.2 Å². The van der Waals surface area contributed by atoms with Gasteiger partial charge < -0.3 is 15.5 Å². The lowest BCUT2D eigenvalue weighted by atomic mass is 10.2. The third kappa shape index (κ3) is 3.22. The van der Waals surface area contributed by atoms with Gasteiger partial charge in [-0.05, 0) is 13.3 Å². The Morgan fingerprint density at radius 2 is 2.46 bits per heavy atom. The first-order valence-corrected chi connectivity index (χ1v) is 5.00. The zero-order chi connectivity index (χ0) is 9.68. The number of hydrogen-bond donors (Lipinski definition) is 2. The van der Waals surface area contributed by atoms with E-state index < -0.39 is 0 Å². The summed E-state index contributed by atoms with van der Waals surface area (Å²) in [5.41, 5.74) is 0. The van der Waals surface area contributed by atoms with Crippen molar-refractivity contribution < 1.29 is 4.79 Å². The fourth-order valence-corrected chi connectivity index (χ4v) is 1.46. The van der Waals surface area contributed by atoms with Crippen molar-refractivity contribution in [3.63, 3.8) is 0 Å². The van der Waals surface area contributed by atoms with Crippen LogP contribution in [0.2, 0.25) is 0 Å². The molecular formula is C9H19N3O. The van der Waals surface area contributed by atoms with Crippen LogP contribution in [0, 0.1) is 0 Å². The van der Waals surface area contributed by atoms with Crippen LogP contribution < -0.4 is 10.6 Å². The average molecular weight is 185 g/mol. The first kappa shape index (κ1) is 10.3. The summed E-state index contributed by atoms with van der Waals surface area (Å²) in [6.45, 7) is 7.47. The van der Waals surface area contributed by atoms with Gasteiger partial charge in [0.15, 0.2) is 0 Å². The van der Waals surface area contributed by atoms with Crippen LogP contribution in [0.3, 0.4) is 0 Å². The number of carbonyl (C=O) groups excluding carboxylic acids is 1. The Morgan fingerprint density at radius 3 is 3.08 bits per heavy atom. The first-order valence-electron chi connectivity index (χ1n) is 5.00. The summed E-state index contributed by atoms with van der Waals surface area (Å²) in [6, 6.07) is 0.497. The summed E-state index contributed by atoms with van der Waals surface area (Å²) < 4.78 is 0. The molecule has 1 rings (SSSR count). The quantitative estimate of drug-likeness (QED) is 0.654. The van der Waals surface area contributed by atoms with Gasteiger partial charge >= 0.3 is 6.03 Å². The van der Waals surface area contributed by atoms with Crippen LogP contribution in [0.25, 0.3) is 0 Å². The van der Waals surface area contributed by atoms with Crippen molar-refractivity contribution in [2.24, 2.45) is 0 Å². The van der Waals surface area contributed by atoms with Gasteiger partial charge in [-0.25, -0.2) is 4.79 Å². The van der Waals surface area contributed by atoms with Crippen LogP contribution in [0.5, 0.6) is 0 Å². The third-order valence-electron chi connectivity index (χ3n) is 2.18. The summed E-state index contributed by atoms with van der Waals surface area (Å²) >= 11 is 0. The second-order valence-corrected chi connectivity index (χ2v) is 3.53. The van der Waals surface area contributed by atoms with Gasteiger partial charge in [0, 0.05) is 32.2 Å². The van der Waals surface area contributed by atoms with E-state index in [2.05, 4.69) is 24.5 Å². The number of rotatable bonds is 2. The van der Waals surface area contributed by atoms with Crippen molar-refractivity contribution in [3.8, 4) is 0 Å². The minimum Gasteiger partial charge on any atom is -0.338 e. The molecule has 0 radical (unpaired) electrons. The molecule has 0 bridgehead atoms. The molecule has 1 fully saturated rings. The highest BCUT2D eigenvalue weighted by molar-refractivity contribution is 5.74. The van der Waals surface area contributed by atoms with Crippen molar-refractivity contribution >= 4 is 6.03 Å². The summed E-state index contributed by atoms with van der Waals surface area (Å²) in [5, 5.41) is 6.18. The Morgan fingerprint density at radius 1 is 1.69 bits per heavy atom. The largest absolute Gasteiger partial charge is 0.338 e. The monoisotopic (exact) mass is 185 g/mol. The van der Waals surface area contributed by atoms with Crippen LogP contribution in [0.1, 0.15) is 20.3 Å². The number of carbonyl (C=O) groups is 1. The van der Waals surface area contributed by atoms with Gasteiger partial charge in [-0.15, -0.1) is 0 Å². The molecule has 1 heterocycles. The van der Waals surface area contributed by atoms with E-state index in [1.165, 1.54) is 0 Å². The van der Waals surface area contributed by atoms with E-state index in [4.69, 9.17) is 0 Å². The molecule has 1 aliphatic rings. The van der Waals surface area contributed by atoms with E-state index in [1.807, 2.05) is 4.90 Å². The fourth-order valence-electron chi connectivity index (χ4n) is 1.46. The maximum absolute atomic E-state index is 11.5. The Balaban J connectivity index is 2.28. The SMILES string of the molecule is CCCNC(=O)N1CCNC(C)C1. The molecule has 0 spiro atoms. The van der Waals surface area contributed by atoms with Crippen LogP contribution in [0.15, 0.2) is 0 Å². The van der Waals surface area contributed by atoms with Gasteiger partial charge in [-0.2, -0.15) is 0 Å². The van der Waals surface area contributed by atoms with Gasteiger partial charge in [0.25, 0.3) is 0 Å². The second-order valence-electron chi connectivity index (χ2n) is 3.53. The average Bonchev–Trinajstić information content (AvgIpc) is 2.14. The molecule has 0 aromatic carbocycles. The van der Waals surface area contributed by atoms with E-state index in [0.717, 1.165) is 32.6 Å². The van der Waals surface area contributed by atoms with Gasteiger partial charge in [-0.3, -0.25) is 0 Å². The number of urea groups is 1. The molecule has 2 amide bonds. The van der Waals surface area contributed by atoms with Gasteiger partial charge in [-0.1, -0.05) is 6.92 Å². The normalized spacial score (nSPS) is 22.9. The predicted molar refractivity (Wildman–Crippen MR) is 52.7 cm³/mol. The molecule has 4 nitrogen and oxygen atoms in total. The van der Waals surface area contributed by atoms with Crippen molar-refractivity contribution in [2.75, 3.05) is 26.2 Å². The summed E-state index contributed by atoms with van der Waals surface area (Å²) in [5.74, 6) is 0. The lowest BCUT2D eigenvalue weighted by Gasteiger charge is -2.31. The molecule has 0 aromatic heterocycles. The Kier molecular flexibility index (Phi) is 4.02. The van der Waals surface area contributed by atoms with E-state index >= 15 is 0 Å². The molecule has 1 atom stereocenters. The summed E-state index contributed by atoms with van der Waals surface area (Å²) in [6.07, 6.45) is 0.993. The molecule has 0 aromatic rings. The van der Waals surface area contributed by atoms with Crippen molar-refractivity contribution in [3.05, 3.63) is 0 Å². The minimum atomic E-state index is 0.0789. The van der Waals surface area contributed by atoms with Crippen LogP contribution in [0.4, 0.5) is 4.79 Å². The van der Waals surface area contributed by atoms with Gasteiger partial charge in [0.05, 0.1) is 0 Å². The number of amides is 2. The Labute approximate surface area is 79.7 Å². The molecular weight excluding hydrogens is 166 g/mol. The highest BCUT2D eigenvalue weighted by Gasteiger charge is 2.19. The van der Waals surface area contributed by atoms with E-state index in [1.54, 1.807) is 0 Å². The highest BCUT2D eigenvalue weighted by atomic mass is 16.2. The maximum Gasteiger partial charge on any atom is 0.317 e. The highest BCUT2D eigenvalue weighted by Crippen LogP contribution is 1.98. The molecule has 13 heavy (non-hydrogen) atoms. The van der Waals surface area contributed by atoms with Crippen molar-refractivity contribution in [1.29, 1.82) is 0 Å². The van der Waals surface area contributed by atoms with Crippen LogP contribution >= 0.6 is 0 Å². The van der Waals surface area contributed by atoms with Gasteiger partial charge in [0.1, 0.15) is 0 Å². The topological polar surface area (TPSA) is 44.4 Å². The van der Waals surface area contributed by atoms with Crippen molar-refractivity contribution in [2.45, 2.75) is 26.3 Å². The van der Waals surface area contributed by atoms with E-state index in [9.17, 15) is 4.79 Å². The zero-order valence-electron chi connectivity index (χ0n) is 8.47. The molecule has 1 aliphatic heterocycles. The number of hydrogen-bond acceptors (Lipinski definition) is 2. The lowest BCUT2D eigenvalue weighted by molar-refractivity contribution is 0.179. The smallest absolute Gasteiger partial charge is 0.317 e. The third-order valence-corrected chi connectivity index (χ3v) is 2.18. The second kappa shape index (κ2) is 5.07. The predicted octanol–water partition coefficient (Wildman–Crippen LogP) is 0.400. The molecule has 76 valence electrons. The summed E-state index contributed by atoms with van der Waals surface area (Å²) in [7, 11) is 0. The molecule has 2 N–H and O–H groups in total. The Hall–Kier alpha value is -0.770. The van der Waals surface area contributed by atoms with Gasteiger partial charge in [0.2, 0.25) is 0 Å². The first-order chi connectivity index (χ1) is 6.24. The van der Waals surface area contributed by atoms with E-state index in [0.29, 0.717) is 6.04 Å². The zero-order valence-corrected chi connectivity index (χ0v) is 8.47. The molecule has 4 heteroatoms. The summed E-state index contributed by atoms with van der Waals surface area (Å²) in [4.78, 5) is 13.4. The van der Waals surface area contributed by atoms with Crippen molar-refractivity contribution in [1.82, 2.24) is 15.5 Å². The number of piperazine rings is 1. The lowest BCUT2D eigenvalue weighted by Crippen LogP contribution is -2.54. The molecule has 0 saturated carbocycles. The fraction of sp³-hybridized carbons (Fsp3) is 0.889. The van der Waals surface area contributed by atoms with Crippen LogP contribution in [-0.2, 0) is 0 Å². The number of nitrogens with one attached hydrogen (secondary N) is 2. The minimum absolute atomic E-state index is 0.0789.